The Kier molecular flexibility index (Phi) is 3.77. The van der Waals surface area contributed by atoms with Crippen LogP contribution in [0.25, 0.3) is 17.1 Å². The summed E-state index contributed by atoms with van der Waals surface area (Å²) in [6.45, 7) is 3.84. The molecule has 0 aliphatic carbocycles. The molecule has 3 aromatic heterocycles. The lowest BCUT2D eigenvalue weighted by atomic mass is 10.2. The van der Waals surface area contributed by atoms with Crippen LogP contribution in [-0.2, 0) is 0 Å². The van der Waals surface area contributed by atoms with E-state index in [-0.39, 0.29) is 0 Å². The van der Waals surface area contributed by atoms with E-state index in [1.807, 2.05) is 29.0 Å². The highest BCUT2D eigenvalue weighted by Gasteiger charge is 2.17. The zero-order chi connectivity index (χ0) is 16.4. The van der Waals surface area contributed by atoms with Gasteiger partial charge in [0.25, 0.3) is 0 Å². The Morgan fingerprint density at radius 3 is 2.79 bits per heavy atom. The van der Waals surface area contributed by atoms with Gasteiger partial charge in [0.1, 0.15) is 18.0 Å². The van der Waals surface area contributed by atoms with E-state index in [1.165, 1.54) is 0 Å². The summed E-state index contributed by atoms with van der Waals surface area (Å²) in [5.41, 5.74) is 2.94. The predicted octanol–water partition coefficient (Wildman–Crippen LogP) is 1.65. The van der Waals surface area contributed by atoms with Gasteiger partial charge < -0.3 is 15.2 Å². The molecule has 1 fully saturated rings. The van der Waals surface area contributed by atoms with Gasteiger partial charge in [-0.25, -0.2) is 9.97 Å². The number of aromatic nitrogens is 4. The molecule has 4 rings (SSSR count). The van der Waals surface area contributed by atoms with E-state index >= 15 is 0 Å². The molecule has 1 aliphatic heterocycles. The minimum absolute atomic E-state index is 0.825. The number of hydrogen-bond donors (Lipinski definition) is 2. The Hall–Kier alpha value is -3.04. The molecule has 0 unspecified atom stereocenters. The van der Waals surface area contributed by atoms with E-state index in [1.54, 1.807) is 18.7 Å². The maximum Gasteiger partial charge on any atom is 0.138 e. The molecule has 1 saturated heterocycles. The molecule has 0 saturated carbocycles. The first kappa shape index (κ1) is 14.5. The number of pyridine rings is 1. The standard InChI is InChI=1S/C18H18N6/c1-2-14-11-16(22-18(14)23-8-5-19-6-9-23)15-3-4-21-17(12-15)24-10-7-20-13-24/h1,3-4,7,10-13,19,22H,5-6,8-9H2. The van der Waals surface area contributed by atoms with Crippen LogP contribution in [0.5, 0.6) is 0 Å². The molecule has 0 spiro atoms. The smallest absolute Gasteiger partial charge is 0.138 e. The molecule has 0 radical (unpaired) electrons. The summed E-state index contributed by atoms with van der Waals surface area (Å²) in [6, 6.07) is 6.04. The molecule has 3 aromatic rings. The van der Waals surface area contributed by atoms with Gasteiger partial charge in [-0.1, -0.05) is 5.92 Å². The zero-order valence-corrected chi connectivity index (χ0v) is 13.2. The molecular formula is C18H18N6. The van der Waals surface area contributed by atoms with Gasteiger partial charge >= 0.3 is 0 Å². The highest BCUT2D eigenvalue weighted by Crippen LogP contribution is 2.28. The third-order valence-electron chi connectivity index (χ3n) is 4.21. The second-order valence-corrected chi connectivity index (χ2v) is 5.70. The fourth-order valence-corrected chi connectivity index (χ4v) is 2.97. The fourth-order valence-electron chi connectivity index (χ4n) is 2.97. The molecule has 1 aliphatic rings. The average Bonchev–Trinajstić information content (AvgIpc) is 3.32. The minimum atomic E-state index is 0.825. The number of rotatable bonds is 3. The van der Waals surface area contributed by atoms with E-state index < -0.39 is 0 Å². The van der Waals surface area contributed by atoms with E-state index in [0.717, 1.165) is 54.6 Å². The Balaban J connectivity index is 1.71. The Morgan fingerprint density at radius 2 is 2.04 bits per heavy atom. The quantitative estimate of drug-likeness (QED) is 0.721. The second-order valence-electron chi connectivity index (χ2n) is 5.70. The van der Waals surface area contributed by atoms with Crippen LogP contribution in [0.4, 0.5) is 5.82 Å². The highest BCUT2D eigenvalue weighted by atomic mass is 15.2. The topological polar surface area (TPSA) is 61.8 Å². The molecule has 6 heteroatoms. The van der Waals surface area contributed by atoms with Crippen LogP contribution in [0.3, 0.4) is 0 Å². The second kappa shape index (κ2) is 6.22. The van der Waals surface area contributed by atoms with E-state index in [4.69, 9.17) is 6.42 Å². The van der Waals surface area contributed by atoms with Gasteiger partial charge in [-0.2, -0.15) is 0 Å². The molecular weight excluding hydrogens is 300 g/mol. The molecule has 0 amide bonds. The maximum absolute atomic E-state index is 5.72. The van der Waals surface area contributed by atoms with Gasteiger partial charge in [-0.3, -0.25) is 4.57 Å². The van der Waals surface area contributed by atoms with Crippen LogP contribution in [0, 0.1) is 12.3 Å². The number of nitrogens with one attached hydrogen (secondary N) is 2. The Bertz CT molecular complexity index is 865. The number of aromatic amines is 1. The van der Waals surface area contributed by atoms with Crippen LogP contribution in [-0.4, -0.2) is 45.7 Å². The summed E-state index contributed by atoms with van der Waals surface area (Å²) in [5, 5.41) is 3.36. The number of anilines is 1. The van der Waals surface area contributed by atoms with Crippen LogP contribution in [0.1, 0.15) is 5.56 Å². The monoisotopic (exact) mass is 318 g/mol. The first-order chi connectivity index (χ1) is 11.8. The predicted molar refractivity (Wildman–Crippen MR) is 94.2 cm³/mol. The van der Waals surface area contributed by atoms with Gasteiger partial charge in [-0.15, -0.1) is 6.42 Å². The van der Waals surface area contributed by atoms with Crippen molar-refractivity contribution in [2.45, 2.75) is 0 Å². The first-order valence-corrected chi connectivity index (χ1v) is 7.95. The van der Waals surface area contributed by atoms with Crippen molar-refractivity contribution >= 4 is 5.82 Å². The van der Waals surface area contributed by atoms with Crippen molar-refractivity contribution in [2.24, 2.45) is 0 Å². The van der Waals surface area contributed by atoms with Crippen molar-refractivity contribution in [3.05, 3.63) is 48.7 Å². The number of hydrogen-bond acceptors (Lipinski definition) is 4. The minimum Gasteiger partial charge on any atom is -0.355 e. The lowest BCUT2D eigenvalue weighted by Gasteiger charge is -2.28. The summed E-state index contributed by atoms with van der Waals surface area (Å²) in [4.78, 5) is 14.3. The number of imidazole rings is 1. The lowest BCUT2D eigenvalue weighted by Crippen LogP contribution is -2.44. The Morgan fingerprint density at radius 1 is 1.17 bits per heavy atom. The Labute approximate surface area is 140 Å². The van der Waals surface area contributed by atoms with Gasteiger partial charge in [-0.05, 0) is 18.2 Å². The van der Waals surface area contributed by atoms with Gasteiger partial charge in [0, 0.05) is 56.0 Å². The summed E-state index contributed by atoms with van der Waals surface area (Å²) in [7, 11) is 0. The maximum atomic E-state index is 5.72. The highest BCUT2D eigenvalue weighted by molar-refractivity contribution is 5.70. The van der Waals surface area contributed by atoms with Crippen molar-refractivity contribution in [1.82, 2.24) is 24.8 Å². The summed E-state index contributed by atoms with van der Waals surface area (Å²) < 4.78 is 1.88. The molecule has 0 atom stereocenters. The number of nitrogens with zero attached hydrogens (tertiary/aromatic N) is 4. The number of piperazine rings is 1. The van der Waals surface area contributed by atoms with Gasteiger partial charge in [0.15, 0.2) is 0 Å². The zero-order valence-electron chi connectivity index (χ0n) is 13.2. The van der Waals surface area contributed by atoms with Crippen molar-refractivity contribution in [1.29, 1.82) is 0 Å². The molecule has 120 valence electrons. The molecule has 0 bridgehead atoms. The van der Waals surface area contributed by atoms with E-state index in [9.17, 15) is 0 Å². The lowest BCUT2D eigenvalue weighted by molar-refractivity contribution is 0.585. The fraction of sp³-hybridized carbons (Fsp3) is 0.222. The average molecular weight is 318 g/mol. The summed E-state index contributed by atoms with van der Waals surface area (Å²) in [5.74, 6) is 4.65. The first-order valence-electron chi connectivity index (χ1n) is 7.95. The van der Waals surface area contributed by atoms with Crippen molar-refractivity contribution in [3.8, 4) is 29.4 Å². The van der Waals surface area contributed by atoms with Crippen molar-refractivity contribution < 1.29 is 0 Å². The molecule has 24 heavy (non-hydrogen) atoms. The normalized spacial score (nSPS) is 14.5. The third kappa shape index (κ3) is 2.66. The van der Waals surface area contributed by atoms with Crippen LogP contribution in [0.2, 0.25) is 0 Å². The van der Waals surface area contributed by atoms with Gasteiger partial charge in [0.2, 0.25) is 0 Å². The van der Waals surface area contributed by atoms with Crippen molar-refractivity contribution in [2.75, 3.05) is 31.1 Å². The van der Waals surface area contributed by atoms with E-state index in [2.05, 4.69) is 31.1 Å². The molecule has 6 nitrogen and oxygen atoms in total. The third-order valence-corrected chi connectivity index (χ3v) is 4.21. The summed E-state index contributed by atoms with van der Waals surface area (Å²) >= 11 is 0. The molecule has 4 heterocycles. The van der Waals surface area contributed by atoms with E-state index in [0.29, 0.717) is 0 Å². The van der Waals surface area contributed by atoms with Crippen molar-refractivity contribution in [3.63, 3.8) is 0 Å². The molecule has 0 aromatic carbocycles. The SMILES string of the molecule is C#Cc1cc(-c2ccnc(-n3ccnc3)c2)[nH]c1N1CCNCC1. The number of H-pyrrole nitrogens is 1. The molecule has 2 N–H and O–H groups in total. The number of terminal acetylenes is 1. The summed E-state index contributed by atoms with van der Waals surface area (Å²) in [6.07, 6.45) is 12.9. The van der Waals surface area contributed by atoms with Gasteiger partial charge in [0.05, 0.1) is 5.56 Å². The largest absolute Gasteiger partial charge is 0.355 e. The van der Waals surface area contributed by atoms with Crippen LogP contribution < -0.4 is 10.2 Å². The van der Waals surface area contributed by atoms with Crippen LogP contribution in [0.15, 0.2) is 43.1 Å². The van der Waals surface area contributed by atoms with Crippen LogP contribution >= 0.6 is 0 Å².